The molecule has 0 amide bonds. The molecule has 1 saturated heterocycles. The first-order chi connectivity index (χ1) is 5.79. The summed E-state index contributed by atoms with van der Waals surface area (Å²) in [7, 11) is 5.76. The van der Waals surface area contributed by atoms with Crippen LogP contribution in [-0.2, 0) is 0 Å². The van der Waals surface area contributed by atoms with Crippen LogP contribution in [0.25, 0.3) is 0 Å². The summed E-state index contributed by atoms with van der Waals surface area (Å²) in [4.78, 5) is 1.94. The topological polar surface area (TPSA) is 6.48 Å². The number of hydrogen-bond acceptors (Lipinski definition) is 3. The highest BCUT2D eigenvalue weighted by Crippen LogP contribution is 2.05. The van der Waals surface area contributed by atoms with Crippen molar-refractivity contribution in [3.8, 4) is 0 Å². The molecular weight excluding hydrogens is 167 g/mol. The predicted molar refractivity (Wildman–Crippen MR) is 56.4 cm³/mol. The van der Waals surface area contributed by atoms with Crippen molar-refractivity contribution in [2.75, 3.05) is 26.2 Å². The molecule has 2 nitrogen and oxygen atoms in total. The van der Waals surface area contributed by atoms with Gasteiger partial charge >= 0.3 is 0 Å². The van der Waals surface area contributed by atoms with Crippen LogP contribution < -0.4 is 0 Å². The number of hydrogen-bond donors (Lipinski definition) is 1. The van der Waals surface area contributed by atoms with Crippen molar-refractivity contribution >= 4 is 20.8 Å². The Balaban J connectivity index is 2.20. The van der Waals surface area contributed by atoms with Crippen LogP contribution in [0.15, 0.2) is 0 Å². The van der Waals surface area contributed by atoms with Gasteiger partial charge in [-0.25, -0.2) is 0 Å². The molecule has 0 unspecified atom stereocenters. The van der Waals surface area contributed by atoms with Crippen molar-refractivity contribution in [3.63, 3.8) is 0 Å². The van der Waals surface area contributed by atoms with E-state index in [1.54, 1.807) is 0 Å². The van der Waals surface area contributed by atoms with Gasteiger partial charge in [-0.1, -0.05) is 12.8 Å². The Labute approximate surface area is 82.3 Å². The van der Waals surface area contributed by atoms with Crippen LogP contribution in [0, 0.1) is 0 Å². The third-order valence-corrected chi connectivity index (χ3v) is 2.62. The molecular formula is C8H17BN2S. The maximum Gasteiger partial charge on any atom is 0.182 e. The van der Waals surface area contributed by atoms with E-state index in [2.05, 4.69) is 17.1 Å². The van der Waals surface area contributed by atoms with E-state index in [0.29, 0.717) is 0 Å². The summed E-state index contributed by atoms with van der Waals surface area (Å²) in [6.07, 6.45) is 4.79. The number of nitrogens with zero attached hydrogens (tertiary/aromatic N) is 2. The molecule has 0 bridgehead atoms. The maximum atomic E-state index is 5.76. The van der Waals surface area contributed by atoms with E-state index >= 15 is 0 Å². The van der Waals surface area contributed by atoms with Gasteiger partial charge < -0.3 is 4.81 Å². The summed E-state index contributed by atoms with van der Waals surface area (Å²) in [5.74, 6) is 0. The van der Waals surface area contributed by atoms with Gasteiger partial charge in [0.1, 0.15) is 0 Å². The summed E-state index contributed by atoms with van der Waals surface area (Å²) < 4.78 is 2.12. The van der Waals surface area contributed by atoms with E-state index in [4.69, 9.17) is 7.98 Å². The summed E-state index contributed by atoms with van der Waals surface area (Å²) in [6.45, 7) is 4.25. The van der Waals surface area contributed by atoms with Crippen LogP contribution in [0.3, 0.4) is 0 Å². The monoisotopic (exact) mass is 184 g/mol. The fraction of sp³-hybridized carbons (Fsp3) is 1.00. The Morgan fingerprint density at radius 1 is 0.833 bits per heavy atom. The Hall–Kier alpha value is 0.335. The van der Waals surface area contributed by atoms with Crippen molar-refractivity contribution in [3.05, 3.63) is 0 Å². The van der Waals surface area contributed by atoms with Crippen LogP contribution in [0.2, 0.25) is 0 Å². The smallest absolute Gasteiger partial charge is 0.182 e. The van der Waals surface area contributed by atoms with E-state index < -0.39 is 0 Å². The van der Waals surface area contributed by atoms with E-state index in [-0.39, 0.29) is 0 Å². The Morgan fingerprint density at radius 2 is 1.25 bits per heavy atom. The van der Waals surface area contributed by atoms with E-state index in [9.17, 15) is 0 Å². The lowest BCUT2D eigenvalue weighted by Gasteiger charge is -2.22. The zero-order chi connectivity index (χ0) is 8.81. The lowest BCUT2D eigenvalue weighted by atomic mass is 10.1. The summed E-state index contributed by atoms with van der Waals surface area (Å²) in [5.41, 5.74) is 0. The van der Waals surface area contributed by atoms with E-state index in [0.717, 1.165) is 26.2 Å². The minimum atomic E-state index is 1.03. The Bertz CT molecular complexity index is 97.6. The minimum absolute atomic E-state index is 1.03. The number of thiol groups is 1. The standard InChI is InChI=1S/C8H17BN2S/c9-10-5-1-3-7-11(12)8-4-2-6-10/h12H,1-8H2. The van der Waals surface area contributed by atoms with Gasteiger partial charge in [0.15, 0.2) is 7.98 Å². The summed E-state index contributed by atoms with van der Waals surface area (Å²) >= 11 is 4.37. The van der Waals surface area contributed by atoms with Gasteiger partial charge in [-0.2, -0.15) is 0 Å². The first-order valence-electron chi connectivity index (χ1n) is 4.72. The number of rotatable bonds is 0. The molecule has 68 valence electrons. The molecule has 0 aliphatic carbocycles. The average molecular weight is 184 g/mol. The van der Waals surface area contributed by atoms with Crippen molar-refractivity contribution in [2.24, 2.45) is 0 Å². The Morgan fingerprint density at radius 3 is 1.75 bits per heavy atom. The molecule has 12 heavy (non-hydrogen) atoms. The lowest BCUT2D eigenvalue weighted by Crippen LogP contribution is -2.26. The second-order valence-electron chi connectivity index (χ2n) is 3.40. The SMILES string of the molecule is [B]N1CCCCN(S)CCCC1. The van der Waals surface area contributed by atoms with Gasteiger partial charge in [0.2, 0.25) is 0 Å². The zero-order valence-electron chi connectivity index (χ0n) is 7.58. The first-order valence-corrected chi connectivity index (χ1v) is 5.12. The largest absolute Gasteiger partial charge is 0.353 e. The van der Waals surface area contributed by atoms with Crippen LogP contribution in [0.4, 0.5) is 0 Å². The second kappa shape index (κ2) is 5.89. The minimum Gasteiger partial charge on any atom is -0.353 e. The van der Waals surface area contributed by atoms with Crippen molar-refractivity contribution in [2.45, 2.75) is 25.7 Å². The highest BCUT2D eigenvalue weighted by molar-refractivity contribution is 7.77. The molecule has 0 spiro atoms. The molecule has 0 aromatic rings. The molecule has 0 aromatic carbocycles. The fourth-order valence-electron chi connectivity index (χ4n) is 1.44. The molecule has 0 saturated carbocycles. The van der Waals surface area contributed by atoms with Crippen molar-refractivity contribution < 1.29 is 0 Å². The highest BCUT2D eigenvalue weighted by Gasteiger charge is 2.04. The van der Waals surface area contributed by atoms with Crippen LogP contribution in [0.1, 0.15) is 25.7 Å². The van der Waals surface area contributed by atoms with E-state index in [1.807, 2.05) is 4.81 Å². The van der Waals surface area contributed by atoms with Gasteiger partial charge in [0.25, 0.3) is 0 Å². The van der Waals surface area contributed by atoms with Crippen LogP contribution in [-0.4, -0.2) is 43.3 Å². The second-order valence-corrected chi connectivity index (χ2v) is 3.97. The van der Waals surface area contributed by atoms with Gasteiger partial charge in [0, 0.05) is 13.1 Å². The van der Waals surface area contributed by atoms with Gasteiger partial charge in [-0.15, -0.1) is 0 Å². The fourth-order valence-corrected chi connectivity index (χ4v) is 1.72. The first kappa shape index (κ1) is 10.4. The molecule has 1 aliphatic rings. The molecule has 1 aliphatic heterocycles. The van der Waals surface area contributed by atoms with Crippen molar-refractivity contribution in [1.29, 1.82) is 0 Å². The molecule has 0 atom stereocenters. The highest BCUT2D eigenvalue weighted by atomic mass is 32.1. The average Bonchev–Trinajstić information content (AvgIpc) is 2.06. The predicted octanol–water partition coefficient (Wildman–Crippen LogP) is 1.09. The lowest BCUT2D eigenvalue weighted by molar-refractivity contribution is 0.360. The Kier molecular flexibility index (Phi) is 5.11. The van der Waals surface area contributed by atoms with Gasteiger partial charge in [-0.05, 0) is 38.8 Å². The van der Waals surface area contributed by atoms with E-state index in [1.165, 1.54) is 25.7 Å². The summed E-state index contributed by atoms with van der Waals surface area (Å²) in [5, 5.41) is 0. The summed E-state index contributed by atoms with van der Waals surface area (Å²) in [6, 6.07) is 0. The molecule has 1 heterocycles. The molecule has 1 fully saturated rings. The third kappa shape index (κ3) is 4.38. The molecule has 0 N–H and O–H groups in total. The molecule has 1 rings (SSSR count). The zero-order valence-corrected chi connectivity index (χ0v) is 8.47. The molecule has 4 heteroatoms. The quantitative estimate of drug-likeness (QED) is 0.444. The normalized spacial score (nSPS) is 25.4. The molecule has 2 radical (unpaired) electrons. The maximum absolute atomic E-state index is 5.76. The van der Waals surface area contributed by atoms with Crippen LogP contribution in [0.5, 0.6) is 0 Å². The molecule has 0 aromatic heterocycles. The third-order valence-electron chi connectivity index (χ3n) is 2.22. The van der Waals surface area contributed by atoms with Crippen molar-refractivity contribution in [1.82, 2.24) is 9.12 Å². The van der Waals surface area contributed by atoms with Gasteiger partial charge in [0.05, 0.1) is 0 Å². The van der Waals surface area contributed by atoms with Crippen LogP contribution >= 0.6 is 12.8 Å². The van der Waals surface area contributed by atoms with Gasteiger partial charge in [-0.3, -0.25) is 4.31 Å².